The molecule has 2 rings (SSSR count). The van der Waals surface area contributed by atoms with Crippen LogP contribution in [0.25, 0.3) is 0 Å². The maximum Gasteiger partial charge on any atom is 0.0847 e. The van der Waals surface area contributed by atoms with Crippen molar-refractivity contribution in [2.45, 2.75) is 39.7 Å². The Morgan fingerprint density at radius 1 is 1.25 bits per heavy atom. The fraction of sp³-hybridized carbons (Fsp3) is 0.438. The molecule has 108 valence electrons. The van der Waals surface area contributed by atoms with Crippen molar-refractivity contribution in [3.8, 4) is 0 Å². The van der Waals surface area contributed by atoms with E-state index in [1.807, 2.05) is 11.6 Å². The number of hydrogen-bond donors (Lipinski definition) is 0. The molecule has 0 aliphatic carbocycles. The van der Waals surface area contributed by atoms with Crippen molar-refractivity contribution in [3.63, 3.8) is 0 Å². The fourth-order valence-electron chi connectivity index (χ4n) is 2.59. The van der Waals surface area contributed by atoms with Crippen molar-refractivity contribution in [1.82, 2.24) is 9.78 Å². The minimum Gasteiger partial charge on any atom is -0.268 e. The number of benzene rings is 1. The molecule has 0 fully saturated rings. The smallest absolute Gasteiger partial charge is 0.0847 e. The monoisotopic (exact) mass is 310 g/mol. The summed E-state index contributed by atoms with van der Waals surface area (Å²) in [6.45, 7) is 6.97. The Morgan fingerprint density at radius 2 is 1.95 bits per heavy atom. The largest absolute Gasteiger partial charge is 0.268 e. The number of nitrogens with zero attached hydrogens (tertiary/aromatic N) is 2. The highest BCUT2D eigenvalue weighted by Crippen LogP contribution is 2.29. The van der Waals surface area contributed by atoms with Gasteiger partial charge in [0.05, 0.1) is 16.4 Å². The van der Waals surface area contributed by atoms with E-state index in [9.17, 15) is 0 Å². The Balaban J connectivity index is 2.34. The van der Waals surface area contributed by atoms with Gasteiger partial charge in [0.1, 0.15) is 0 Å². The van der Waals surface area contributed by atoms with Crippen molar-refractivity contribution < 1.29 is 0 Å². The highest BCUT2D eigenvalue weighted by molar-refractivity contribution is 6.31. The van der Waals surface area contributed by atoms with Crippen LogP contribution in [0, 0.1) is 13.8 Å². The van der Waals surface area contributed by atoms with Crippen LogP contribution >= 0.6 is 23.2 Å². The minimum absolute atomic E-state index is 0.261. The van der Waals surface area contributed by atoms with Gasteiger partial charge in [0.15, 0.2) is 0 Å². The molecular weight excluding hydrogens is 291 g/mol. The number of rotatable bonds is 5. The molecule has 0 saturated heterocycles. The molecule has 0 radical (unpaired) electrons. The summed E-state index contributed by atoms with van der Waals surface area (Å²) in [7, 11) is 0. The lowest BCUT2D eigenvalue weighted by Crippen LogP contribution is -2.11. The van der Waals surface area contributed by atoms with E-state index in [0.717, 1.165) is 29.4 Å². The molecule has 0 bridgehead atoms. The lowest BCUT2D eigenvalue weighted by Gasteiger charge is -2.17. The van der Waals surface area contributed by atoms with Gasteiger partial charge in [-0.15, -0.1) is 11.6 Å². The SMILES string of the molecule is CCn1nc(C)c(Cl)c1CC(CCl)c1ccccc1C. The van der Waals surface area contributed by atoms with E-state index in [1.165, 1.54) is 11.1 Å². The summed E-state index contributed by atoms with van der Waals surface area (Å²) >= 11 is 12.6. The van der Waals surface area contributed by atoms with Crippen LogP contribution < -0.4 is 0 Å². The first-order valence-electron chi connectivity index (χ1n) is 6.91. The number of alkyl halides is 1. The summed E-state index contributed by atoms with van der Waals surface area (Å²) in [5.41, 5.74) is 4.54. The molecule has 20 heavy (non-hydrogen) atoms. The molecule has 2 aromatic rings. The van der Waals surface area contributed by atoms with Gasteiger partial charge in [-0.1, -0.05) is 35.9 Å². The molecule has 0 aliphatic rings. The molecule has 0 spiro atoms. The van der Waals surface area contributed by atoms with Crippen molar-refractivity contribution in [2.75, 3.05) is 5.88 Å². The summed E-state index contributed by atoms with van der Waals surface area (Å²) in [5, 5.41) is 5.25. The van der Waals surface area contributed by atoms with Gasteiger partial charge >= 0.3 is 0 Å². The minimum atomic E-state index is 0.261. The molecule has 4 heteroatoms. The van der Waals surface area contributed by atoms with Crippen LogP contribution in [-0.2, 0) is 13.0 Å². The van der Waals surface area contributed by atoms with Crippen LogP contribution in [0.15, 0.2) is 24.3 Å². The van der Waals surface area contributed by atoms with Crippen molar-refractivity contribution >= 4 is 23.2 Å². The maximum atomic E-state index is 6.39. The quantitative estimate of drug-likeness (QED) is 0.729. The molecule has 1 unspecified atom stereocenters. The van der Waals surface area contributed by atoms with Crippen LogP contribution in [0.3, 0.4) is 0 Å². The van der Waals surface area contributed by atoms with Gasteiger partial charge in [-0.25, -0.2) is 0 Å². The van der Waals surface area contributed by atoms with E-state index < -0.39 is 0 Å². The predicted octanol–water partition coefficient (Wildman–Crippen LogP) is 4.74. The fourth-order valence-corrected chi connectivity index (χ4v) is 3.08. The molecule has 1 atom stereocenters. The Hall–Kier alpha value is -0.990. The second kappa shape index (κ2) is 6.64. The zero-order valence-electron chi connectivity index (χ0n) is 12.2. The summed E-state index contributed by atoms with van der Waals surface area (Å²) in [6.07, 6.45) is 0.821. The number of aromatic nitrogens is 2. The number of aryl methyl sites for hydroxylation is 3. The average Bonchev–Trinajstić information content (AvgIpc) is 2.73. The second-order valence-corrected chi connectivity index (χ2v) is 5.76. The Bertz CT molecular complexity index is 590. The van der Waals surface area contributed by atoms with Gasteiger partial charge in [0, 0.05) is 18.3 Å². The van der Waals surface area contributed by atoms with Crippen molar-refractivity contribution in [3.05, 3.63) is 51.8 Å². The zero-order valence-corrected chi connectivity index (χ0v) is 13.7. The van der Waals surface area contributed by atoms with E-state index >= 15 is 0 Å². The van der Waals surface area contributed by atoms with E-state index in [1.54, 1.807) is 0 Å². The van der Waals surface area contributed by atoms with Gasteiger partial charge in [-0.05, 0) is 38.3 Å². The Labute approximate surface area is 130 Å². The highest BCUT2D eigenvalue weighted by atomic mass is 35.5. The predicted molar refractivity (Wildman–Crippen MR) is 86.0 cm³/mol. The van der Waals surface area contributed by atoms with E-state index in [4.69, 9.17) is 23.2 Å². The average molecular weight is 311 g/mol. The molecule has 1 aromatic heterocycles. The first-order chi connectivity index (χ1) is 9.58. The van der Waals surface area contributed by atoms with Crippen molar-refractivity contribution in [1.29, 1.82) is 0 Å². The van der Waals surface area contributed by atoms with E-state index in [2.05, 4.69) is 43.2 Å². The topological polar surface area (TPSA) is 17.8 Å². The van der Waals surface area contributed by atoms with Gasteiger partial charge < -0.3 is 0 Å². The first-order valence-corrected chi connectivity index (χ1v) is 7.83. The standard InChI is InChI=1S/C16H20Cl2N2/c1-4-20-15(16(18)12(3)19-20)9-13(10-17)14-8-6-5-7-11(14)2/h5-8,13H,4,9-10H2,1-3H3. The Morgan fingerprint density at radius 3 is 2.55 bits per heavy atom. The normalized spacial score (nSPS) is 12.7. The van der Waals surface area contributed by atoms with Gasteiger partial charge in [0.25, 0.3) is 0 Å². The van der Waals surface area contributed by atoms with Crippen molar-refractivity contribution in [2.24, 2.45) is 0 Å². The highest BCUT2D eigenvalue weighted by Gasteiger charge is 2.19. The molecule has 0 saturated carbocycles. The maximum absolute atomic E-state index is 6.39. The first kappa shape index (κ1) is 15.4. The van der Waals surface area contributed by atoms with Gasteiger partial charge in [-0.3, -0.25) is 4.68 Å². The number of hydrogen-bond acceptors (Lipinski definition) is 1. The molecule has 1 heterocycles. The van der Waals surface area contributed by atoms with Gasteiger partial charge in [0.2, 0.25) is 0 Å². The molecule has 0 aliphatic heterocycles. The summed E-state index contributed by atoms with van der Waals surface area (Å²) in [4.78, 5) is 0. The third-order valence-corrected chi connectivity index (χ3v) is 4.57. The number of halogens is 2. The lowest BCUT2D eigenvalue weighted by atomic mass is 9.92. The van der Waals surface area contributed by atoms with E-state index in [-0.39, 0.29) is 5.92 Å². The van der Waals surface area contributed by atoms with Crippen LogP contribution in [-0.4, -0.2) is 15.7 Å². The molecular formula is C16H20Cl2N2. The van der Waals surface area contributed by atoms with Crippen LogP contribution in [0.2, 0.25) is 5.02 Å². The Kier molecular flexibility index (Phi) is 5.11. The summed E-state index contributed by atoms with van der Waals surface area (Å²) < 4.78 is 1.98. The van der Waals surface area contributed by atoms with Crippen LogP contribution in [0.1, 0.15) is 35.4 Å². The lowest BCUT2D eigenvalue weighted by molar-refractivity contribution is 0.595. The summed E-state index contributed by atoms with van der Waals surface area (Å²) in [5.74, 6) is 0.839. The molecule has 1 aromatic carbocycles. The van der Waals surface area contributed by atoms with Crippen LogP contribution in [0.5, 0.6) is 0 Å². The zero-order chi connectivity index (χ0) is 14.7. The van der Waals surface area contributed by atoms with E-state index in [0.29, 0.717) is 5.88 Å². The summed E-state index contributed by atoms with van der Waals surface area (Å²) in [6, 6.07) is 8.39. The molecule has 0 amide bonds. The third kappa shape index (κ3) is 3.02. The molecule has 0 N–H and O–H groups in total. The third-order valence-electron chi connectivity index (χ3n) is 3.71. The van der Waals surface area contributed by atoms with Crippen LogP contribution in [0.4, 0.5) is 0 Å². The molecule has 2 nitrogen and oxygen atoms in total. The second-order valence-electron chi connectivity index (χ2n) is 5.07. The van der Waals surface area contributed by atoms with Gasteiger partial charge in [-0.2, -0.15) is 5.10 Å².